The van der Waals surface area contributed by atoms with Gasteiger partial charge < -0.3 is 9.47 Å². The van der Waals surface area contributed by atoms with Crippen LogP contribution in [0.2, 0.25) is 0 Å². The van der Waals surface area contributed by atoms with Crippen molar-refractivity contribution >= 4 is 18.4 Å². The van der Waals surface area contributed by atoms with Crippen LogP contribution in [-0.2, 0) is 11.3 Å². The van der Waals surface area contributed by atoms with Crippen molar-refractivity contribution in [2.45, 2.75) is 20.0 Å². The van der Waals surface area contributed by atoms with Crippen LogP contribution in [0.15, 0.2) is 23.3 Å². The standard InChI is InChI=1S/C14H16F2N4O2S/c1-3-22-8-10-6-9(4-5-11(10)21-2)7-17-20-13(12(15)16)18-19-14(20)23/h4-7,12H,3,8H2,1-2H3,(H,19,23)/b17-7+. The average molecular weight is 342 g/mol. The summed E-state index contributed by atoms with van der Waals surface area (Å²) in [7, 11) is 1.57. The van der Waals surface area contributed by atoms with Crippen molar-refractivity contribution in [3.63, 3.8) is 0 Å². The average Bonchev–Trinajstić information content (AvgIpc) is 2.92. The van der Waals surface area contributed by atoms with Gasteiger partial charge in [0, 0.05) is 12.2 Å². The molecular weight excluding hydrogens is 326 g/mol. The third-order valence-corrected chi connectivity index (χ3v) is 3.22. The number of nitrogens with zero attached hydrogens (tertiary/aromatic N) is 3. The Hall–Kier alpha value is -2.13. The first kappa shape index (κ1) is 17.2. The van der Waals surface area contributed by atoms with Crippen molar-refractivity contribution in [2.75, 3.05) is 13.7 Å². The number of aromatic amines is 1. The van der Waals surface area contributed by atoms with Crippen LogP contribution in [-0.4, -0.2) is 34.8 Å². The molecule has 9 heteroatoms. The normalized spacial score (nSPS) is 11.5. The van der Waals surface area contributed by atoms with Gasteiger partial charge in [0.05, 0.1) is 19.9 Å². The number of ether oxygens (including phenoxy) is 2. The molecule has 23 heavy (non-hydrogen) atoms. The molecular formula is C14H16F2N4O2S. The fourth-order valence-electron chi connectivity index (χ4n) is 1.88. The molecule has 0 fully saturated rings. The summed E-state index contributed by atoms with van der Waals surface area (Å²) in [6.45, 7) is 2.85. The minimum atomic E-state index is -2.77. The molecule has 1 N–H and O–H groups in total. The second kappa shape index (κ2) is 7.93. The van der Waals surface area contributed by atoms with E-state index in [4.69, 9.17) is 21.7 Å². The van der Waals surface area contributed by atoms with Crippen LogP contribution in [0.4, 0.5) is 8.78 Å². The van der Waals surface area contributed by atoms with E-state index in [1.54, 1.807) is 19.2 Å². The number of halogens is 2. The molecule has 0 atom stereocenters. The van der Waals surface area contributed by atoms with E-state index >= 15 is 0 Å². The molecule has 0 spiro atoms. The summed E-state index contributed by atoms with van der Waals surface area (Å²) < 4.78 is 37.2. The van der Waals surface area contributed by atoms with Crippen LogP contribution >= 0.6 is 12.2 Å². The van der Waals surface area contributed by atoms with Gasteiger partial charge in [0.25, 0.3) is 6.43 Å². The molecule has 0 amide bonds. The van der Waals surface area contributed by atoms with Gasteiger partial charge in [0.15, 0.2) is 0 Å². The monoisotopic (exact) mass is 342 g/mol. The van der Waals surface area contributed by atoms with Crippen LogP contribution < -0.4 is 4.74 Å². The number of nitrogens with one attached hydrogen (secondary N) is 1. The topological polar surface area (TPSA) is 64.4 Å². The number of H-pyrrole nitrogens is 1. The SMILES string of the molecule is CCOCc1cc(/C=N/n2c(C(F)F)n[nH]c2=S)ccc1OC. The third-order valence-electron chi connectivity index (χ3n) is 2.96. The van der Waals surface area contributed by atoms with Crippen LogP contribution in [0.3, 0.4) is 0 Å². The molecule has 0 saturated heterocycles. The lowest BCUT2D eigenvalue weighted by Gasteiger charge is -2.09. The zero-order valence-electron chi connectivity index (χ0n) is 12.6. The van der Waals surface area contributed by atoms with Gasteiger partial charge in [-0.15, -0.1) is 0 Å². The van der Waals surface area contributed by atoms with Crippen LogP contribution in [0.25, 0.3) is 0 Å². The van der Waals surface area contributed by atoms with Crippen molar-refractivity contribution in [3.05, 3.63) is 39.9 Å². The minimum absolute atomic E-state index is 0.000369. The Morgan fingerprint density at radius 3 is 2.91 bits per heavy atom. The van der Waals surface area contributed by atoms with Crippen molar-refractivity contribution in [1.82, 2.24) is 14.9 Å². The molecule has 2 aromatic rings. The van der Waals surface area contributed by atoms with Crippen LogP contribution in [0, 0.1) is 4.77 Å². The third kappa shape index (κ3) is 4.20. The number of hydrogen-bond acceptors (Lipinski definition) is 5. The smallest absolute Gasteiger partial charge is 0.299 e. The Kier molecular flexibility index (Phi) is 5.94. The molecule has 2 rings (SSSR count). The molecule has 6 nitrogen and oxygen atoms in total. The van der Waals surface area contributed by atoms with Crippen molar-refractivity contribution < 1.29 is 18.3 Å². The second-order valence-electron chi connectivity index (χ2n) is 4.45. The van der Waals surface area contributed by atoms with Gasteiger partial charge in [0.1, 0.15) is 5.75 Å². The largest absolute Gasteiger partial charge is 0.496 e. The van der Waals surface area contributed by atoms with Crippen molar-refractivity contribution in [3.8, 4) is 5.75 Å². The van der Waals surface area contributed by atoms with E-state index < -0.39 is 12.2 Å². The molecule has 0 unspecified atom stereocenters. The number of aromatic nitrogens is 3. The van der Waals surface area contributed by atoms with Crippen molar-refractivity contribution in [2.24, 2.45) is 5.10 Å². The Balaban J connectivity index is 2.29. The number of methoxy groups -OCH3 is 1. The van der Waals surface area contributed by atoms with E-state index in [0.717, 1.165) is 10.2 Å². The van der Waals surface area contributed by atoms with E-state index in [9.17, 15) is 8.78 Å². The maximum absolute atomic E-state index is 12.8. The summed E-state index contributed by atoms with van der Waals surface area (Å²) in [5, 5.41) is 9.72. The number of benzene rings is 1. The highest BCUT2D eigenvalue weighted by molar-refractivity contribution is 7.71. The molecule has 1 heterocycles. The Morgan fingerprint density at radius 2 is 2.26 bits per heavy atom. The first-order valence-electron chi connectivity index (χ1n) is 6.81. The lowest BCUT2D eigenvalue weighted by atomic mass is 10.1. The molecule has 1 aromatic carbocycles. The molecule has 0 aliphatic carbocycles. The molecule has 0 aliphatic heterocycles. The van der Waals surface area contributed by atoms with E-state index in [1.165, 1.54) is 6.21 Å². The fraction of sp³-hybridized carbons (Fsp3) is 0.357. The summed E-state index contributed by atoms with van der Waals surface area (Å²) in [4.78, 5) is 0. The van der Waals surface area contributed by atoms with E-state index in [2.05, 4.69) is 15.3 Å². The second-order valence-corrected chi connectivity index (χ2v) is 4.84. The van der Waals surface area contributed by atoms with Crippen LogP contribution in [0.5, 0.6) is 5.75 Å². The lowest BCUT2D eigenvalue weighted by Crippen LogP contribution is -2.00. The van der Waals surface area contributed by atoms with E-state index in [-0.39, 0.29) is 4.77 Å². The molecule has 0 radical (unpaired) electrons. The zero-order valence-corrected chi connectivity index (χ0v) is 13.4. The molecule has 0 saturated carbocycles. The zero-order chi connectivity index (χ0) is 16.8. The number of hydrogen-bond donors (Lipinski definition) is 1. The summed E-state index contributed by atoms with van der Waals surface area (Å²) in [5.41, 5.74) is 1.53. The fourth-order valence-corrected chi connectivity index (χ4v) is 2.07. The van der Waals surface area contributed by atoms with Gasteiger partial charge in [-0.05, 0) is 42.9 Å². The Bertz CT molecular complexity index is 743. The summed E-state index contributed by atoms with van der Waals surface area (Å²) in [5.74, 6) is 0.151. The maximum Gasteiger partial charge on any atom is 0.299 e. The maximum atomic E-state index is 12.8. The Morgan fingerprint density at radius 1 is 1.48 bits per heavy atom. The highest BCUT2D eigenvalue weighted by Crippen LogP contribution is 2.20. The predicted molar refractivity (Wildman–Crippen MR) is 83.7 cm³/mol. The van der Waals surface area contributed by atoms with Gasteiger partial charge >= 0.3 is 0 Å². The van der Waals surface area contributed by atoms with Crippen LogP contribution in [0.1, 0.15) is 30.3 Å². The van der Waals surface area contributed by atoms with Crippen molar-refractivity contribution in [1.29, 1.82) is 0 Å². The first-order valence-corrected chi connectivity index (χ1v) is 7.22. The first-order chi connectivity index (χ1) is 11.1. The van der Waals surface area contributed by atoms with Gasteiger partial charge in [-0.2, -0.15) is 14.9 Å². The molecule has 0 bridgehead atoms. The quantitative estimate of drug-likeness (QED) is 0.619. The molecule has 124 valence electrons. The van der Waals surface area contributed by atoms with E-state index in [0.29, 0.717) is 24.5 Å². The van der Waals surface area contributed by atoms with Gasteiger partial charge in [-0.3, -0.25) is 0 Å². The number of alkyl halides is 2. The van der Waals surface area contributed by atoms with E-state index in [1.807, 2.05) is 13.0 Å². The summed E-state index contributed by atoms with van der Waals surface area (Å²) in [6, 6.07) is 5.33. The summed E-state index contributed by atoms with van der Waals surface area (Å²) in [6.07, 6.45) is -1.35. The number of rotatable bonds is 7. The highest BCUT2D eigenvalue weighted by Gasteiger charge is 2.16. The Labute approximate surface area is 136 Å². The van der Waals surface area contributed by atoms with Gasteiger partial charge in [-0.25, -0.2) is 13.9 Å². The predicted octanol–water partition coefficient (Wildman–Crippen LogP) is 3.31. The summed E-state index contributed by atoms with van der Waals surface area (Å²) >= 11 is 4.89. The van der Waals surface area contributed by atoms with Gasteiger partial charge in [0.2, 0.25) is 10.6 Å². The molecule has 0 aliphatic rings. The lowest BCUT2D eigenvalue weighted by molar-refractivity contribution is 0.132. The van der Waals surface area contributed by atoms with Gasteiger partial charge in [-0.1, -0.05) is 0 Å². The highest BCUT2D eigenvalue weighted by atomic mass is 32.1. The molecule has 1 aromatic heterocycles. The minimum Gasteiger partial charge on any atom is -0.496 e.